The van der Waals surface area contributed by atoms with Crippen LogP contribution in [0.15, 0.2) is 87.1 Å². The zero-order valence-corrected chi connectivity index (χ0v) is 21.9. The Morgan fingerprint density at radius 3 is 1.97 bits per heavy atom. The van der Waals surface area contributed by atoms with Gasteiger partial charge in [-0.25, -0.2) is 9.67 Å². The predicted molar refractivity (Wildman–Crippen MR) is 142 cm³/mol. The van der Waals surface area contributed by atoms with Crippen LogP contribution in [0.2, 0.25) is 0 Å². The van der Waals surface area contributed by atoms with E-state index in [9.17, 15) is 0 Å². The van der Waals surface area contributed by atoms with Gasteiger partial charge in [-0.05, 0) is 55.5 Å². The Bertz CT molecular complexity index is 1410. The van der Waals surface area contributed by atoms with Gasteiger partial charge in [-0.2, -0.15) is 5.10 Å². The van der Waals surface area contributed by atoms with Crippen LogP contribution in [-0.2, 0) is 0 Å². The SMILES string of the molecule is COc1ccc(-c2csc(-n3nc(-c4ccc(Br)cc4)c(C)c3-c3ccc(Br)cc3)n2)cc1. The van der Waals surface area contributed by atoms with Crippen molar-refractivity contribution in [3.63, 3.8) is 0 Å². The molecule has 0 spiro atoms. The van der Waals surface area contributed by atoms with Crippen molar-refractivity contribution in [2.75, 3.05) is 7.11 Å². The molecule has 2 aromatic heterocycles. The molecular weight excluding hydrogens is 562 g/mol. The van der Waals surface area contributed by atoms with Gasteiger partial charge in [0, 0.05) is 36.6 Å². The Labute approximate surface area is 213 Å². The largest absolute Gasteiger partial charge is 0.497 e. The summed E-state index contributed by atoms with van der Waals surface area (Å²) < 4.78 is 9.33. The second-order valence-electron chi connectivity index (χ2n) is 7.49. The van der Waals surface area contributed by atoms with E-state index in [0.29, 0.717) is 0 Å². The number of thiazole rings is 1. The maximum Gasteiger partial charge on any atom is 0.211 e. The number of hydrogen-bond donors (Lipinski definition) is 0. The van der Waals surface area contributed by atoms with E-state index >= 15 is 0 Å². The zero-order valence-electron chi connectivity index (χ0n) is 17.9. The standard InChI is InChI=1S/C26H19Br2N3OS/c1-16-24(18-3-9-20(27)10-4-18)30-31(25(16)19-5-11-21(28)12-6-19)26-29-23(15-33-26)17-7-13-22(32-2)14-8-17/h3-15H,1-2H3. The number of nitrogens with zero attached hydrogens (tertiary/aromatic N) is 3. The van der Waals surface area contributed by atoms with E-state index in [0.717, 1.165) is 59.2 Å². The van der Waals surface area contributed by atoms with Crippen LogP contribution >= 0.6 is 43.2 Å². The van der Waals surface area contributed by atoms with Crippen LogP contribution in [0.5, 0.6) is 5.75 Å². The summed E-state index contributed by atoms with van der Waals surface area (Å²) in [5.74, 6) is 0.827. The summed E-state index contributed by atoms with van der Waals surface area (Å²) in [6.07, 6.45) is 0. The Kier molecular flexibility index (Phi) is 6.19. The molecule has 5 aromatic rings. The molecule has 4 nitrogen and oxygen atoms in total. The molecule has 0 aliphatic rings. The first-order valence-electron chi connectivity index (χ1n) is 10.3. The van der Waals surface area contributed by atoms with Gasteiger partial charge in [0.2, 0.25) is 5.13 Å². The van der Waals surface area contributed by atoms with Gasteiger partial charge in [-0.15, -0.1) is 11.3 Å². The molecule has 33 heavy (non-hydrogen) atoms. The Morgan fingerprint density at radius 1 is 0.788 bits per heavy atom. The van der Waals surface area contributed by atoms with E-state index in [2.05, 4.69) is 80.6 Å². The van der Waals surface area contributed by atoms with Crippen molar-refractivity contribution in [1.29, 1.82) is 0 Å². The molecule has 3 aromatic carbocycles. The molecule has 0 unspecified atom stereocenters. The van der Waals surface area contributed by atoms with Gasteiger partial charge in [-0.1, -0.05) is 56.1 Å². The van der Waals surface area contributed by atoms with E-state index in [-0.39, 0.29) is 0 Å². The fourth-order valence-corrected chi connectivity index (χ4v) is 5.04. The summed E-state index contributed by atoms with van der Waals surface area (Å²) in [6, 6.07) is 24.5. The highest BCUT2D eigenvalue weighted by molar-refractivity contribution is 9.10. The van der Waals surface area contributed by atoms with Crippen LogP contribution in [-0.4, -0.2) is 21.9 Å². The molecule has 0 saturated carbocycles. The molecule has 0 N–H and O–H groups in total. The minimum atomic E-state index is 0.824. The van der Waals surface area contributed by atoms with Gasteiger partial charge >= 0.3 is 0 Å². The van der Waals surface area contributed by atoms with Gasteiger partial charge in [0.1, 0.15) is 5.75 Å². The normalized spacial score (nSPS) is 11.0. The lowest BCUT2D eigenvalue weighted by Crippen LogP contribution is -1.99. The van der Waals surface area contributed by atoms with E-state index < -0.39 is 0 Å². The number of methoxy groups -OCH3 is 1. The molecule has 5 rings (SSSR count). The number of hydrogen-bond acceptors (Lipinski definition) is 4. The van der Waals surface area contributed by atoms with Gasteiger partial charge in [-0.3, -0.25) is 0 Å². The first-order chi connectivity index (χ1) is 16.0. The topological polar surface area (TPSA) is 39.9 Å². The molecule has 7 heteroatoms. The molecule has 0 aliphatic heterocycles. The number of halogens is 2. The molecule has 0 amide bonds. The summed E-state index contributed by atoms with van der Waals surface area (Å²) >= 11 is 8.65. The van der Waals surface area contributed by atoms with Crippen LogP contribution < -0.4 is 4.74 Å². The summed E-state index contributed by atoms with van der Waals surface area (Å²) in [5.41, 5.74) is 7.21. The second kappa shape index (κ2) is 9.25. The molecule has 0 radical (unpaired) electrons. The lowest BCUT2D eigenvalue weighted by atomic mass is 10.0. The van der Waals surface area contributed by atoms with E-state index in [1.165, 1.54) is 0 Å². The molecule has 0 aliphatic carbocycles. The molecule has 2 heterocycles. The van der Waals surface area contributed by atoms with E-state index in [4.69, 9.17) is 14.8 Å². The Balaban J connectivity index is 1.64. The number of benzene rings is 3. The predicted octanol–water partition coefficient (Wildman–Crippen LogP) is 8.17. The molecular formula is C26H19Br2N3OS. The highest BCUT2D eigenvalue weighted by Crippen LogP contribution is 2.36. The van der Waals surface area contributed by atoms with Crippen molar-refractivity contribution in [3.8, 4) is 44.7 Å². The first kappa shape index (κ1) is 22.1. The zero-order chi connectivity index (χ0) is 22.9. The van der Waals surface area contributed by atoms with Crippen LogP contribution in [0, 0.1) is 6.92 Å². The maximum atomic E-state index is 5.28. The van der Waals surface area contributed by atoms with Crippen LogP contribution in [0.25, 0.3) is 38.9 Å². The summed E-state index contributed by atoms with van der Waals surface area (Å²) in [6.45, 7) is 2.12. The van der Waals surface area contributed by atoms with Crippen molar-refractivity contribution < 1.29 is 4.74 Å². The third kappa shape index (κ3) is 4.40. The Morgan fingerprint density at radius 2 is 1.36 bits per heavy atom. The fourth-order valence-electron chi connectivity index (χ4n) is 3.72. The quantitative estimate of drug-likeness (QED) is 0.210. The van der Waals surface area contributed by atoms with Crippen molar-refractivity contribution in [1.82, 2.24) is 14.8 Å². The molecule has 0 fully saturated rings. The second-order valence-corrected chi connectivity index (χ2v) is 10.2. The smallest absolute Gasteiger partial charge is 0.211 e. The minimum Gasteiger partial charge on any atom is -0.497 e. The Hall–Kier alpha value is -2.74. The highest BCUT2D eigenvalue weighted by atomic mass is 79.9. The van der Waals surface area contributed by atoms with E-state index in [1.807, 2.05) is 41.1 Å². The first-order valence-corrected chi connectivity index (χ1v) is 12.7. The van der Waals surface area contributed by atoms with Crippen molar-refractivity contribution in [3.05, 3.63) is 92.7 Å². The van der Waals surface area contributed by atoms with Crippen LogP contribution in [0.3, 0.4) is 0 Å². The lowest BCUT2D eigenvalue weighted by Gasteiger charge is -2.06. The summed E-state index contributed by atoms with van der Waals surface area (Å²) in [7, 11) is 1.67. The van der Waals surface area contributed by atoms with Gasteiger partial charge < -0.3 is 4.74 Å². The van der Waals surface area contributed by atoms with E-state index in [1.54, 1.807) is 18.4 Å². The number of ether oxygens (including phenoxy) is 1. The van der Waals surface area contributed by atoms with Crippen molar-refractivity contribution in [2.24, 2.45) is 0 Å². The van der Waals surface area contributed by atoms with Crippen molar-refractivity contribution >= 4 is 43.2 Å². The number of rotatable bonds is 5. The lowest BCUT2D eigenvalue weighted by molar-refractivity contribution is 0.415. The third-order valence-electron chi connectivity index (χ3n) is 5.42. The van der Waals surface area contributed by atoms with Gasteiger partial charge in [0.15, 0.2) is 0 Å². The van der Waals surface area contributed by atoms with Crippen LogP contribution in [0.1, 0.15) is 5.56 Å². The summed E-state index contributed by atoms with van der Waals surface area (Å²) in [4.78, 5) is 4.93. The molecule has 0 saturated heterocycles. The minimum absolute atomic E-state index is 0.824. The highest BCUT2D eigenvalue weighted by Gasteiger charge is 2.20. The summed E-state index contributed by atoms with van der Waals surface area (Å²) in [5, 5.41) is 7.92. The van der Waals surface area contributed by atoms with Crippen molar-refractivity contribution in [2.45, 2.75) is 6.92 Å². The van der Waals surface area contributed by atoms with Gasteiger partial charge in [0.25, 0.3) is 0 Å². The maximum absolute atomic E-state index is 5.28. The molecule has 164 valence electrons. The van der Waals surface area contributed by atoms with Crippen LogP contribution in [0.4, 0.5) is 0 Å². The average Bonchev–Trinajstić information content (AvgIpc) is 3.45. The van der Waals surface area contributed by atoms with Gasteiger partial charge in [0.05, 0.1) is 24.2 Å². The molecule has 0 atom stereocenters. The monoisotopic (exact) mass is 579 g/mol. The average molecular weight is 581 g/mol. The number of aromatic nitrogens is 3. The molecule has 0 bridgehead atoms. The fraction of sp³-hybridized carbons (Fsp3) is 0.0769. The third-order valence-corrected chi connectivity index (χ3v) is 7.29.